The van der Waals surface area contributed by atoms with Gasteiger partial charge >= 0.3 is 0 Å². The standard InChI is InChI=1S/C10H21IN2O/c1-3-14-9-10-4-5-13(8-10)7-6-12(2)11/h10H,3-9H2,1-2H3. The molecular formula is C10H21IN2O. The van der Waals surface area contributed by atoms with Crippen molar-refractivity contribution in [1.82, 2.24) is 8.01 Å². The van der Waals surface area contributed by atoms with Crippen LogP contribution in [0.3, 0.4) is 0 Å². The van der Waals surface area contributed by atoms with Gasteiger partial charge in [-0.3, -0.25) is 0 Å². The van der Waals surface area contributed by atoms with Gasteiger partial charge < -0.3 is 9.64 Å². The molecule has 0 bridgehead atoms. The second kappa shape index (κ2) is 6.98. The summed E-state index contributed by atoms with van der Waals surface area (Å²) in [7, 11) is 2.12. The molecule has 14 heavy (non-hydrogen) atoms. The predicted octanol–water partition coefficient (Wildman–Crippen LogP) is 1.63. The molecule has 1 aliphatic rings. The summed E-state index contributed by atoms with van der Waals surface area (Å²) in [6.45, 7) is 8.70. The van der Waals surface area contributed by atoms with E-state index in [-0.39, 0.29) is 0 Å². The molecule has 0 saturated carbocycles. The summed E-state index contributed by atoms with van der Waals surface area (Å²) in [5.41, 5.74) is 0. The molecular weight excluding hydrogens is 291 g/mol. The first-order valence-electron chi connectivity index (χ1n) is 5.39. The van der Waals surface area contributed by atoms with Gasteiger partial charge in [0.15, 0.2) is 0 Å². The predicted molar refractivity (Wildman–Crippen MR) is 67.7 cm³/mol. The molecule has 1 aliphatic heterocycles. The minimum atomic E-state index is 0.773. The van der Waals surface area contributed by atoms with Crippen molar-refractivity contribution in [3.63, 3.8) is 0 Å². The van der Waals surface area contributed by atoms with Crippen LogP contribution in [0.4, 0.5) is 0 Å². The molecule has 1 atom stereocenters. The lowest BCUT2D eigenvalue weighted by Crippen LogP contribution is -2.28. The van der Waals surface area contributed by atoms with E-state index in [0.717, 1.165) is 25.7 Å². The van der Waals surface area contributed by atoms with Crippen molar-refractivity contribution in [1.29, 1.82) is 0 Å². The van der Waals surface area contributed by atoms with E-state index in [1.54, 1.807) is 0 Å². The van der Waals surface area contributed by atoms with Crippen molar-refractivity contribution < 1.29 is 4.74 Å². The molecule has 1 heterocycles. The number of rotatable bonds is 6. The maximum atomic E-state index is 5.45. The quantitative estimate of drug-likeness (QED) is 0.548. The maximum Gasteiger partial charge on any atom is 0.0506 e. The highest BCUT2D eigenvalue weighted by atomic mass is 127. The topological polar surface area (TPSA) is 15.7 Å². The van der Waals surface area contributed by atoms with Gasteiger partial charge in [-0.15, -0.1) is 0 Å². The lowest BCUT2D eigenvalue weighted by molar-refractivity contribution is 0.112. The zero-order valence-corrected chi connectivity index (χ0v) is 11.4. The van der Waals surface area contributed by atoms with Crippen LogP contribution in [0.1, 0.15) is 13.3 Å². The Kier molecular flexibility index (Phi) is 6.32. The Morgan fingerprint density at radius 1 is 1.57 bits per heavy atom. The van der Waals surface area contributed by atoms with Crippen LogP contribution in [-0.2, 0) is 4.74 Å². The van der Waals surface area contributed by atoms with Crippen LogP contribution < -0.4 is 0 Å². The summed E-state index contributed by atoms with van der Waals surface area (Å²) in [6, 6.07) is 0. The Labute approximate surface area is 101 Å². The lowest BCUT2D eigenvalue weighted by atomic mass is 10.1. The van der Waals surface area contributed by atoms with Crippen LogP contribution in [-0.4, -0.2) is 54.5 Å². The third kappa shape index (κ3) is 4.91. The summed E-state index contributed by atoms with van der Waals surface area (Å²) in [4.78, 5) is 2.54. The van der Waals surface area contributed by atoms with Gasteiger partial charge in [-0.05, 0) is 32.9 Å². The van der Waals surface area contributed by atoms with Crippen LogP contribution >= 0.6 is 22.9 Å². The van der Waals surface area contributed by atoms with Crippen molar-refractivity contribution in [3.05, 3.63) is 0 Å². The van der Waals surface area contributed by atoms with Crippen LogP contribution in [0.25, 0.3) is 0 Å². The first-order valence-corrected chi connectivity index (χ1v) is 6.36. The van der Waals surface area contributed by atoms with E-state index < -0.39 is 0 Å². The zero-order chi connectivity index (χ0) is 10.4. The molecule has 84 valence electrons. The zero-order valence-electron chi connectivity index (χ0n) is 9.21. The molecule has 0 aromatic rings. The van der Waals surface area contributed by atoms with E-state index in [9.17, 15) is 0 Å². The third-order valence-electron chi connectivity index (χ3n) is 2.65. The molecule has 1 saturated heterocycles. The summed E-state index contributed by atoms with van der Waals surface area (Å²) >= 11 is 2.34. The molecule has 0 N–H and O–H groups in total. The van der Waals surface area contributed by atoms with E-state index in [1.807, 2.05) is 0 Å². The molecule has 0 aromatic heterocycles. The average molecular weight is 312 g/mol. The van der Waals surface area contributed by atoms with E-state index in [4.69, 9.17) is 4.74 Å². The van der Waals surface area contributed by atoms with Crippen LogP contribution in [0, 0.1) is 5.92 Å². The second-order valence-corrected chi connectivity index (χ2v) is 5.59. The summed E-state index contributed by atoms with van der Waals surface area (Å²) in [5, 5.41) is 0. The largest absolute Gasteiger partial charge is 0.381 e. The van der Waals surface area contributed by atoms with Gasteiger partial charge in [-0.2, -0.15) is 0 Å². The third-order valence-corrected chi connectivity index (χ3v) is 3.13. The Morgan fingerprint density at radius 3 is 3.00 bits per heavy atom. The van der Waals surface area contributed by atoms with Crippen molar-refractivity contribution in [2.24, 2.45) is 5.92 Å². The van der Waals surface area contributed by atoms with Gasteiger partial charge in [-0.25, -0.2) is 3.11 Å². The fourth-order valence-corrected chi connectivity index (χ4v) is 2.03. The smallest absolute Gasteiger partial charge is 0.0506 e. The Balaban J connectivity index is 2.08. The number of halogens is 1. The van der Waals surface area contributed by atoms with E-state index in [1.165, 1.54) is 26.1 Å². The Bertz CT molecular complexity index is 155. The number of likely N-dealkylation sites (N-methyl/N-ethyl adjacent to an activating group) is 1. The van der Waals surface area contributed by atoms with E-state index in [2.05, 4.69) is 44.8 Å². The molecule has 0 amide bonds. The van der Waals surface area contributed by atoms with Crippen molar-refractivity contribution >= 4 is 22.9 Å². The fraction of sp³-hybridized carbons (Fsp3) is 1.00. The number of likely N-dealkylation sites (tertiary alicyclic amines) is 1. The van der Waals surface area contributed by atoms with Gasteiger partial charge in [0.05, 0.1) is 6.61 Å². The highest BCUT2D eigenvalue weighted by Crippen LogP contribution is 2.16. The average Bonchev–Trinajstić information content (AvgIpc) is 2.59. The summed E-state index contributed by atoms with van der Waals surface area (Å²) in [5.74, 6) is 0.773. The highest BCUT2D eigenvalue weighted by Gasteiger charge is 2.21. The Hall–Kier alpha value is 0.610. The van der Waals surface area contributed by atoms with Gasteiger partial charge in [0.2, 0.25) is 0 Å². The molecule has 0 aliphatic carbocycles. The molecule has 4 heteroatoms. The number of hydrogen-bond donors (Lipinski definition) is 0. The monoisotopic (exact) mass is 312 g/mol. The summed E-state index contributed by atoms with van der Waals surface area (Å²) in [6.07, 6.45) is 1.31. The molecule has 1 fully saturated rings. The normalized spacial score (nSPS) is 23.6. The maximum absolute atomic E-state index is 5.45. The van der Waals surface area contributed by atoms with Crippen molar-refractivity contribution in [3.8, 4) is 0 Å². The molecule has 1 unspecified atom stereocenters. The molecule has 1 rings (SSSR count). The van der Waals surface area contributed by atoms with Crippen LogP contribution in [0.2, 0.25) is 0 Å². The highest BCUT2D eigenvalue weighted by molar-refractivity contribution is 14.1. The molecule has 0 spiro atoms. The summed E-state index contributed by atoms with van der Waals surface area (Å²) < 4.78 is 7.67. The molecule has 0 radical (unpaired) electrons. The first-order chi connectivity index (χ1) is 6.72. The first kappa shape index (κ1) is 12.7. The number of hydrogen-bond acceptors (Lipinski definition) is 3. The van der Waals surface area contributed by atoms with E-state index in [0.29, 0.717) is 0 Å². The van der Waals surface area contributed by atoms with Crippen LogP contribution in [0.15, 0.2) is 0 Å². The fourth-order valence-electron chi connectivity index (χ4n) is 1.82. The molecule has 3 nitrogen and oxygen atoms in total. The molecule has 0 aromatic carbocycles. The van der Waals surface area contributed by atoms with Crippen molar-refractivity contribution in [2.75, 3.05) is 46.4 Å². The van der Waals surface area contributed by atoms with Gasteiger partial charge in [0.1, 0.15) is 0 Å². The number of nitrogens with zero attached hydrogens (tertiary/aromatic N) is 2. The Morgan fingerprint density at radius 2 is 2.36 bits per heavy atom. The van der Waals surface area contributed by atoms with Crippen molar-refractivity contribution in [2.45, 2.75) is 13.3 Å². The van der Waals surface area contributed by atoms with Gasteiger partial charge in [-0.1, -0.05) is 0 Å². The second-order valence-electron chi connectivity index (χ2n) is 3.94. The number of ether oxygens (including phenoxy) is 1. The minimum absolute atomic E-state index is 0.773. The minimum Gasteiger partial charge on any atom is -0.381 e. The SMILES string of the molecule is CCOCC1CCN(CCN(C)I)C1. The van der Waals surface area contributed by atoms with Gasteiger partial charge in [0, 0.05) is 49.1 Å². The van der Waals surface area contributed by atoms with Gasteiger partial charge in [0.25, 0.3) is 0 Å². The van der Waals surface area contributed by atoms with Crippen LogP contribution in [0.5, 0.6) is 0 Å². The van der Waals surface area contributed by atoms with E-state index >= 15 is 0 Å². The lowest BCUT2D eigenvalue weighted by Gasteiger charge is -2.17.